The van der Waals surface area contributed by atoms with Gasteiger partial charge in [0.15, 0.2) is 0 Å². The van der Waals surface area contributed by atoms with Crippen molar-refractivity contribution in [3.05, 3.63) is 23.2 Å². The van der Waals surface area contributed by atoms with E-state index in [-0.39, 0.29) is 12.0 Å². The van der Waals surface area contributed by atoms with Crippen molar-refractivity contribution < 1.29 is 9.53 Å². The topological polar surface area (TPSA) is 64.3 Å². The van der Waals surface area contributed by atoms with Crippen LogP contribution in [0.1, 0.15) is 33.6 Å². The molecule has 1 rings (SSSR count). The van der Waals surface area contributed by atoms with Crippen molar-refractivity contribution >= 4 is 28.9 Å². The number of nitrogen functional groups attached to an aromatic ring is 1. The molecule has 0 radical (unpaired) electrons. The summed E-state index contributed by atoms with van der Waals surface area (Å²) in [6.07, 6.45) is 1.31. The number of hydrogen-bond donors (Lipinski definition) is 2. The van der Waals surface area contributed by atoms with E-state index in [1.807, 2.05) is 6.92 Å². The standard InChI is InChI=1S/C15H23ClN2O2/c1-10(2)11(3)20-8-4-5-15(19)18-14-7-6-12(17)9-13(14)16/h6-7,9-11H,4-5,8,17H2,1-3H3,(H,18,19). The Morgan fingerprint density at radius 1 is 1.40 bits per heavy atom. The predicted molar refractivity (Wildman–Crippen MR) is 84.0 cm³/mol. The number of carbonyl (C=O) groups excluding carboxylic acids is 1. The Kier molecular flexibility index (Phi) is 6.82. The number of hydrogen-bond acceptors (Lipinski definition) is 3. The maximum Gasteiger partial charge on any atom is 0.224 e. The van der Waals surface area contributed by atoms with Crippen LogP contribution >= 0.6 is 11.6 Å². The van der Waals surface area contributed by atoms with Crippen LogP contribution in [0.5, 0.6) is 0 Å². The molecule has 5 heteroatoms. The molecule has 0 saturated carbocycles. The van der Waals surface area contributed by atoms with Crippen molar-refractivity contribution in [2.75, 3.05) is 17.7 Å². The molecule has 0 aromatic heterocycles. The van der Waals surface area contributed by atoms with Crippen molar-refractivity contribution in [3.8, 4) is 0 Å². The summed E-state index contributed by atoms with van der Waals surface area (Å²) in [7, 11) is 0. The van der Waals surface area contributed by atoms with E-state index in [0.717, 1.165) is 0 Å². The molecule has 0 spiro atoms. The number of anilines is 2. The van der Waals surface area contributed by atoms with Gasteiger partial charge in [-0.3, -0.25) is 4.79 Å². The number of benzene rings is 1. The summed E-state index contributed by atoms with van der Waals surface area (Å²) in [6, 6.07) is 5.02. The summed E-state index contributed by atoms with van der Waals surface area (Å²) in [4.78, 5) is 11.8. The van der Waals surface area contributed by atoms with Gasteiger partial charge in [-0.2, -0.15) is 0 Å². The Morgan fingerprint density at radius 2 is 2.10 bits per heavy atom. The lowest BCUT2D eigenvalue weighted by Gasteiger charge is -2.16. The molecular weight excluding hydrogens is 276 g/mol. The maximum atomic E-state index is 11.8. The Balaban J connectivity index is 2.30. The smallest absolute Gasteiger partial charge is 0.224 e. The highest BCUT2D eigenvalue weighted by atomic mass is 35.5. The molecule has 0 fully saturated rings. The van der Waals surface area contributed by atoms with Gasteiger partial charge in [0.25, 0.3) is 0 Å². The number of halogens is 1. The lowest BCUT2D eigenvalue weighted by atomic mass is 10.1. The maximum absolute atomic E-state index is 11.8. The predicted octanol–water partition coefficient (Wildman–Crippen LogP) is 3.70. The highest BCUT2D eigenvalue weighted by Gasteiger charge is 2.09. The molecule has 0 aliphatic heterocycles. The zero-order valence-electron chi connectivity index (χ0n) is 12.3. The third-order valence-electron chi connectivity index (χ3n) is 3.13. The van der Waals surface area contributed by atoms with E-state index >= 15 is 0 Å². The summed E-state index contributed by atoms with van der Waals surface area (Å²) in [5.41, 5.74) is 6.75. The fourth-order valence-corrected chi connectivity index (χ4v) is 1.78. The Labute approximate surface area is 125 Å². The first-order chi connectivity index (χ1) is 9.40. The van der Waals surface area contributed by atoms with Gasteiger partial charge in [0.2, 0.25) is 5.91 Å². The van der Waals surface area contributed by atoms with Crippen LogP contribution in [0.4, 0.5) is 11.4 Å². The van der Waals surface area contributed by atoms with Gasteiger partial charge in [-0.15, -0.1) is 0 Å². The highest BCUT2D eigenvalue weighted by molar-refractivity contribution is 6.34. The van der Waals surface area contributed by atoms with Crippen molar-refractivity contribution in [1.29, 1.82) is 0 Å². The second-order valence-electron chi connectivity index (χ2n) is 5.21. The molecule has 20 heavy (non-hydrogen) atoms. The minimum Gasteiger partial charge on any atom is -0.399 e. The van der Waals surface area contributed by atoms with Gasteiger partial charge in [-0.05, 0) is 37.5 Å². The van der Waals surface area contributed by atoms with Gasteiger partial charge in [0.1, 0.15) is 0 Å². The average molecular weight is 299 g/mol. The number of nitrogens with two attached hydrogens (primary N) is 1. The van der Waals surface area contributed by atoms with E-state index in [9.17, 15) is 4.79 Å². The molecule has 1 aromatic carbocycles. The van der Waals surface area contributed by atoms with Crippen molar-refractivity contribution in [2.45, 2.75) is 39.7 Å². The number of rotatable bonds is 7. The van der Waals surface area contributed by atoms with Gasteiger partial charge >= 0.3 is 0 Å². The zero-order valence-corrected chi connectivity index (χ0v) is 13.0. The van der Waals surface area contributed by atoms with Gasteiger partial charge in [0.05, 0.1) is 16.8 Å². The van der Waals surface area contributed by atoms with E-state index < -0.39 is 0 Å². The van der Waals surface area contributed by atoms with Gasteiger partial charge in [-0.1, -0.05) is 25.4 Å². The van der Waals surface area contributed by atoms with Crippen LogP contribution in [0.2, 0.25) is 5.02 Å². The fourth-order valence-electron chi connectivity index (χ4n) is 1.54. The van der Waals surface area contributed by atoms with Gasteiger partial charge < -0.3 is 15.8 Å². The molecule has 0 heterocycles. The third-order valence-corrected chi connectivity index (χ3v) is 3.45. The SMILES string of the molecule is CC(C)C(C)OCCCC(=O)Nc1ccc(N)cc1Cl. The molecule has 0 saturated heterocycles. The van der Waals surface area contributed by atoms with E-state index in [4.69, 9.17) is 22.1 Å². The lowest BCUT2D eigenvalue weighted by molar-refractivity contribution is -0.116. The minimum absolute atomic E-state index is 0.0718. The van der Waals surface area contributed by atoms with Gasteiger partial charge in [0, 0.05) is 18.7 Å². The van der Waals surface area contributed by atoms with Crippen LogP contribution < -0.4 is 11.1 Å². The normalized spacial score (nSPS) is 12.4. The molecule has 1 aromatic rings. The molecule has 3 N–H and O–H groups in total. The molecule has 1 atom stereocenters. The number of carbonyl (C=O) groups is 1. The molecule has 0 aliphatic rings. The Hall–Kier alpha value is -1.26. The summed E-state index contributed by atoms with van der Waals surface area (Å²) in [6.45, 7) is 6.85. The molecule has 1 unspecified atom stereocenters. The van der Waals surface area contributed by atoms with Crippen molar-refractivity contribution in [1.82, 2.24) is 0 Å². The van der Waals surface area contributed by atoms with Gasteiger partial charge in [-0.25, -0.2) is 0 Å². The van der Waals surface area contributed by atoms with Crippen molar-refractivity contribution in [3.63, 3.8) is 0 Å². The first-order valence-electron chi connectivity index (χ1n) is 6.86. The minimum atomic E-state index is -0.0718. The Morgan fingerprint density at radius 3 is 2.70 bits per heavy atom. The quantitative estimate of drug-likeness (QED) is 0.596. The van der Waals surface area contributed by atoms with Crippen LogP contribution in [0.3, 0.4) is 0 Å². The largest absolute Gasteiger partial charge is 0.399 e. The molecule has 0 bridgehead atoms. The molecular formula is C15H23ClN2O2. The lowest BCUT2D eigenvalue weighted by Crippen LogP contribution is -2.17. The monoisotopic (exact) mass is 298 g/mol. The third kappa shape index (κ3) is 5.80. The second kappa shape index (κ2) is 8.12. The molecule has 1 amide bonds. The second-order valence-corrected chi connectivity index (χ2v) is 5.62. The van der Waals surface area contributed by atoms with E-state index in [1.165, 1.54) is 0 Å². The first-order valence-corrected chi connectivity index (χ1v) is 7.24. The first kappa shape index (κ1) is 16.8. The van der Waals surface area contributed by atoms with Crippen LogP contribution in [-0.2, 0) is 9.53 Å². The number of ether oxygens (including phenoxy) is 1. The molecule has 112 valence electrons. The van der Waals surface area contributed by atoms with Crippen LogP contribution in [0, 0.1) is 5.92 Å². The number of nitrogens with one attached hydrogen (secondary N) is 1. The van der Waals surface area contributed by atoms with E-state index in [1.54, 1.807) is 18.2 Å². The number of amides is 1. The summed E-state index contributed by atoms with van der Waals surface area (Å²) >= 11 is 5.99. The summed E-state index contributed by atoms with van der Waals surface area (Å²) in [5, 5.41) is 3.21. The highest BCUT2D eigenvalue weighted by Crippen LogP contribution is 2.24. The average Bonchev–Trinajstić information content (AvgIpc) is 2.37. The molecule has 4 nitrogen and oxygen atoms in total. The Bertz CT molecular complexity index is 449. The van der Waals surface area contributed by atoms with Crippen LogP contribution in [0.25, 0.3) is 0 Å². The van der Waals surface area contributed by atoms with E-state index in [0.29, 0.717) is 41.8 Å². The molecule has 0 aliphatic carbocycles. The summed E-state index contributed by atoms with van der Waals surface area (Å²) < 4.78 is 5.62. The fraction of sp³-hybridized carbons (Fsp3) is 0.533. The van der Waals surface area contributed by atoms with E-state index in [2.05, 4.69) is 19.2 Å². The zero-order chi connectivity index (χ0) is 15.1. The van der Waals surface area contributed by atoms with Crippen molar-refractivity contribution in [2.24, 2.45) is 5.92 Å². The van der Waals surface area contributed by atoms with Crippen LogP contribution in [0.15, 0.2) is 18.2 Å². The summed E-state index contributed by atoms with van der Waals surface area (Å²) in [5.74, 6) is 0.412. The van der Waals surface area contributed by atoms with Crippen LogP contribution in [-0.4, -0.2) is 18.6 Å².